The molecule has 2 saturated heterocycles. The van der Waals surface area contributed by atoms with E-state index in [1.165, 1.54) is 6.20 Å². The molecule has 2 bridgehead atoms. The van der Waals surface area contributed by atoms with Gasteiger partial charge in [-0.3, -0.25) is 4.98 Å². The molecular formula is C20H19FN4O2. The first-order chi connectivity index (χ1) is 13.2. The van der Waals surface area contributed by atoms with Crippen LogP contribution in [0.4, 0.5) is 4.39 Å². The largest absolute Gasteiger partial charge is 0.507 e. The van der Waals surface area contributed by atoms with E-state index >= 15 is 0 Å². The van der Waals surface area contributed by atoms with Crippen LogP contribution in [-0.4, -0.2) is 44.4 Å². The van der Waals surface area contributed by atoms with Crippen molar-refractivity contribution in [1.29, 1.82) is 0 Å². The average molecular weight is 366 g/mol. The van der Waals surface area contributed by atoms with Crippen molar-refractivity contribution in [2.24, 2.45) is 0 Å². The maximum atomic E-state index is 14.5. The molecule has 138 valence electrons. The number of nitrogens with one attached hydrogen (secondary N) is 1. The molecule has 4 atom stereocenters. The predicted molar refractivity (Wildman–Crippen MR) is 98.3 cm³/mol. The first kappa shape index (κ1) is 16.4. The van der Waals surface area contributed by atoms with Crippen molar-refractivity contribution < 1.29 is 14.2 Å². The SMILES string of the molecule is Oc1cc2cnccc2cc1-c1cnc(O[C@H]2CC3CCC(N3)[C@@H]2F)cn1. The number of ether oxygens (including phenoxy) is 1. The minimum Gasteiger partial charge on any atom is -0.507 e. The molecule has 27 heavy (non-hydrogen) atoms. The molecule has 2 unspecified atom stereocenters. The van der Waals surface area contributed by atoms with Gasteiger partial charge in [-0.05, 0) is 36.4 Å². The standard InChI is InChI=1S/C20H19FN4O2/c21-20-15-2-1-13(25-15)7-18(20)27-19-10-23-16(9-24-19)14-5-11-3-4-22-8-12(11)6-17(14)26/h3-6,8-10,13,15,18,20,25-26H,1-2,7H2/t13?,15?,18-,20-/m0/s1. The molecule has 0 saturated carbocycles. The van der Waals surface area contributed by atoms with Gasteiger partial charge in [-0.1, -0.05) is 0 Å². The van der Waals surface area contributed by atoms with Crippen LogP contribution in [0.3, 0.4) is 0 Å². The van der Waals surface area contributed by atoms with Crippen molar-refractivity contribution in [3.8, 4) is 22.9 Å². The number of phenols is 1. The molecule has 1 aromatic carbocycles. The van der Waals surface area contributed by atoms with E-state index in [9.17, 15) is 9.50 Å². The van der Waals surface area contributed by atoms with Crippen molar-refractivity contribution in [2.75, 3.05) is 0 Å². The normalized spacial score (nSPS) is 27.0. The topological polar surface area (TPSA) is 80.2 Å². The summed E-state index contributed by atoms with van der Waals surface area (Å²) >= 11 is 0. The lowest BCUT2D eigenvalue weighted by molar-refractivity contribution is 0.0425. The van der Waals surface area contributed by atoms with Crippen LogP contribution >= 0.6 is 0 Å². The van der Waals surface area contributed by atoms with Gasteiger partial charge in [-0.15, -0.1) is 0 Å². The number of alkyl halides is 1. The van der Waals surface area contributed by atoms with Crippen LogP contribution in [0.1, 0.15) is 19.3 Å². The van der Waals surface area contributed by atoms with E-state index in [0.717, 1.165) is 23.6 Å². The average Bonchev–Trinajstić information content (AvgIpc) is 3.10. The number of halogens is 1. The van der Waals surface area contributed by atoms with Crippen LogP contribution in [0, 0.1) is 0 Å². The third-order valence-electron chi connectivity index (χ3n) is 5.46. The van der Waals surface area contributed by atoms with Gasteiger partial charge in [0.2, 0.25) is 5.88 Å². The number of benzene rings is 1. The molecule has 6 nitrogen and oxygen atoms in total. The lowest BCUT2D eigenvalue weighted by Gasteiger charge is -2.32. The van der Waals surface area contributed by atoms with Gasteiger partial charge in [0, 0.05) is 41.8 Å². The summed E-state index contributed by atoms with van der Waals surface area (Å²) < 4.78 is 20.3. The predicted octanol–water partition coefficient (Wildman–Crippen LogP) is 3.01. The lowest BCUT2D eigenvalue weighted by atomic mass is 10.0. The number of aromatic hydroxyl groups is 1. The van der Waals surface area contributed by atoms with Gasteiger partial charge in [0.05, 0.1) is 18.1 Å². The summed E-state index contributed by atoms with van der Waals surface area (Å²) in [5, 5.41) is 15.4. The minimum absolute atomic E-state index is 0.109. The maximum absolute atomic E-state index is 14.5. The Hall–Kier alpha value is -2.80. The number of phenolic OH excluding ortho intramolecular Hbond substituents is 1. The van der Waals surface area contributed by atoms with Crippen LogP contribution in [0.2, 0.25) is 0 Å². The number of aromatic nitrogens is 3. The Morgan fingerprint density at radius 1 is 1.11 bits per heavy atom. The zero-order chi connectivity index (χ0) is 18.4. The summed E-state index contributed by atoms with van der Waals surface area (Å²) in [7, 11) is 0. The molecule has 0 spiro atoms. The summed E-state index contributed by atoms with van der Waals surface area (Å²) in [5.74, 6) is 0.411. The van der Waals surface area contributed by atoms with Gasteiger partial charge in [0.1, 0.15) is 11.9 Å². The molecule has 2 N–H and O–H groups in total. The summed E-state index contributed by atoms with van der Waals surface area (Å²) in [5.41, 5.74) is 1.11. The highest BCUT2D eigenvalue weighted by atomic mass is 19.1. The van der Waals surface area contributed by atoms with E-state index in [4.69, 9.17) is 4.74 Å². The summed E-state index contributed by atoms with van der Waals surface area (Å²) in [6, 6.07) is 5.57. The lowest BCUT2D eigenvalue weighted by Crippen LogP contribution is -2.51. The first-order valence-electron chi connectivity index (χ1n) is 9.13. The number of pyridine rings is 1. The number of nitrogens with zero attached hydrogens (tertiary/aromatic N) is 3. The minimum atomic E-state index is -1.04. The second-order valence-electron chi connectivity index (χ2n) is 7.22. The number of hydrogen-bond acceptors (Lipinski definition) is 6. The molecule has 2 aromatic heterocycles. The first-order valence-corrected chi connectivity index (χ1v) is 9.13. The highest BCUT2D eigenvalue weighted by Crippen LogP contribution is 2.33. The van der Waals surface area contributed by atoms with Crippen molar-refractivity contribution in [1.82, 2.24) is 20.3 Å². The van der Waals surface area contributed by atoms with Crippen molar-refractivity contribution in [2.45, 2.75) is 43.6 Å². The Morgan fingerprint density at radius 2 is 2.04 bits per heavy atom. The van der Waals surface area contributed by atoms with E-state index in [-0.39, 0.29) is 11.8 Å². The van der Waals surface area contributed by atoms with Crippen LogP contribution in [0.5, 0.6) is 11.6 Å². The fourth-order valence-electron chi connectivity index (χ4n) is 4.07. The van der Waals surface area contributed by atoms with Gasteiger partial charge in [-0.2, -0.15) is 0 Å². The fourth-order valence-corrected chi connectivity index (χ4v) is 4.07. The van der Waals surface area contributed by atoms with Crippen LogP contribution in [0.25, 0.3) is 22.0 Å². The van der Waals surface area contributed by atoms with Crippen LogP contribution < -0.4 is 10.1 Å². The van der Waals surface area contributed by atoms with E-state index in [1.807, 2.05) is 12.1 Å². The Kier molecular flexibility index (Phi) is 3.89. The Balaban J connectivity index is 1.38. The van der Waals surface area contributed by atoms with Crippen molar-refractivity contribution in [3.63, 3.8) is 0 Å². The second kappa shape index (κ2) is 6.42. The molecule has 0 radical (unpaired) electrons. The number of hydrogen-bond donors (Lipinski definition) is 2. The summed E-state index contributed by atoms with van der Waals surface area (Å²) in [6.07, 6.45) is 7.38. The zero-order valence-electron chi connectivity index (χ0n) is 14.5. The van der Waals surface area contributed by atoms with Crippen molar-refractivity contribution in [3.05, 3.63) is 43.0 Å². The van der Waals surface area contributed by atoms with Crippen molar-refractivity contribution >= 4 is 10.8 Å². The molecule has 4 heterocycles. The zero-order valence-corrected chi connectivity index (χ0v) is 14.5. The molecule has 2 aliphatic rings. The molecule has 0 aliphatic carbocycles. The van der Waals surface area contributed by atoms with Gasteiger partial charge in [-0.25, -0.2) is 14.4 Å². The second-order valence-corrected chi connectivity index (χ2v) is 7.22. The van der Waals surface area contributed by atoms with E-state index in [0.29, 0.717) is 29.6 Å². The summed E-state index contributed by atoms with van der Waals surface area (Å²) in [6.45, 7) is 0. The number of rotatable bonds is 3. The highest BCUT2D eigenvalue weighted by molar-refractivity contribution is 5.89. The molecule has 0 amide bonds. The Labute approximate surface area is 155 Å². The van der Waals surface area contributed by atoms with Gasteiger partial charge in [0.25, 0.3) is 0 Å². The smallest absolute Gasteiger partial charge is 0.232 e. The third kappa shape index (κ3) is 2.98. The van der Waals surface area contributed by atoms with Crippen LogP contribution in [0.15, 0.2) is 43.0 Å². The van der Waals surface area contributed by atoms with E-state index in [1.54, 1.807) is 24.7 Å². The quantitative estimate of drug-likeness (QED) is 0.742. The van der Waals surface area contributed by atoms with Crippen LogP contribution in [-0.2, 0) is 0 Å². The number of piperidine rings is 1. The molecule has 2 fully saturated rings. The van der Waals surface area contributed by atoms with Gasteiger partial charge >= 0.3 is 0 Å². The summed E-state index contributed by atoms with van der Waals surface area (Å²) in [4.78, 5) is 12.7. The molecule has 3 aromatic rings. The third-order valence-corrected chi connectivity index (χ3v) is 5.46. The monoisotopic (exact) mass is 366 g/mol. The van der Waals surface area contributed by atoms with Gasteiger partial charge in [0.15, 0.2) is 6.17 Å². The number of fused-ring (bicyclic) bond motifs is 3. The highest BCUT2D eigenvalue weighted by Gasteiger charge is 2.43. The molecule has 5 rings (SSSR count). The molecule has 2 aliphatic heterocycles. The fraction of sp³-hybridized carbons (Fsp3) is 0.350. The molecule has 7 heteroatoms. The van der Waals surface area contributed by atoms with Gasteiger partial charge < -0.3 is 15.2 Å². The van der Waals surface area contributed by atoms with E-state index in [2.05, 4.69) is 20.3 Å². The molecular weight excluding hydrogens is 347 g/mol. The Bertz CT molecular complexity index is 981. The maximum Gasteiger partial charge on any atom is 0.232 e. The Morgan fingerprint density at radius 3 is 2.89 bits per heavy atom. The van der Waals surface area contributed by atoms with E-state index < -0.39 is 12.3 Å².